The first-order valence-corrected chi connectivity index (χ1v) is 5.07. The van der Waals surface area contributed by atoms with Gasteiger partial charge >= 0.3 is 0 Å². The van der Waals surface area contributed by atoms with Crippen molar-refractivity contribution in [3.63, 3.8) is 0 Å². The fourth-order valence-electron chi connectivity index (χ4n) is 1.20. The van der Waals surface area contributed by atoms with Gasteiger partial charge in [0.15, 0.2) is 5.78 Å². The second kappa shape index (κ2) is 5.45. The minimum atomic E-state index is -0.405. The third-order valence-electron chi connectivity index (χ3n) is 2.05. The first kappa shape index (κ1) is 12.4. The van der Waals surface area contributed by atoms with Crippen molar-refractivity contribution < 1.29 is 13.9 Å². The van der Waals surface area contributed by atoms with E-state index < -0.39 is 5.82 Å². The van der Waals surface area contributed by atoms with Gasteiger partial charge in [0, 0.05) is 6.07 Å². The van der Waals surface area contributed by atoms with Crippen molar-refractivity contribution in [1.82, 2.24) is 0 Å². The molecule has 2 nitrogen and oxygen atoms in total. The Hall–Kier alpha value is -1.64. The number of benzene rings is 1. The Morgan fingerprint density at radius 3 is 2.62 bits per heavy atom. The number of ketones is 1. The number of Topliss-reactive ketones (excluding diaryl/α,β-unsaturated/α-hetero) is 1. The van der Waals surface area contributed by atoms with Crippen LogP contribution in [0.5, 0.6) is 5.75 Å². The number of hydrogen-bond donors (Lipinski definition) is 0. The molecular weight excluding hydrogens is 207 g/mol. The van der Waals surface area contributed by atoms with Crippen molar-refractivity contribution in [2.75, 3.05) is 6.61 Å². The molecule has 0 atom stereocenters. The zero-order valence-corrected chi connectivity index (χ0v) is 9.71. The van der Waals surface area contributed by atoms with E-state index in [4.69, 9.17) is 4.74 Å². The zero-order valence-electron chi connectivity index (χ0n) is 9.71. The van der Waals surface area contributed by atoms with Crippen LogP contribution < -0.4 is 4.74 Å². The summed E-state index contributed by atoms with van der Waals surface area (Å²) in [6.07, 6.45) is 1.87. The molecule has 0 saturated carbocycles. The number of halogens is 1. The number of carbonyl (C=O) groups excluding carboxylic acids is 1. The lowest BCUT2D eigenvalue weighted by Gasteiger charge is -2.08. The Labute approximate surface area is 94.7 Å². The summed E-state index contributed by atoms with van der Waals surface area (Å²) in [7, 11) is 0. The highest BCUT2D eigenvalue weighted by molar-refractivity contribution is 5.96. The van der Waals surface area contributed by atoms with Crippen LogP contribution in [0.25, 0.3) is 0 Å². The van der Waals surface area contributed by atoms with Gasteiger partial charge in [-0.05, 0) is 39.0 Å². The van der Waals surface area contributed by atoms with E-state index in [1.807, 2.05) is 19.9 Å². The molecule has 0 amide bonds. The van der Waals surface area contributed by atoms with Crippen molar-refractivity contribution in [2.45, 2.75) is 20.8 Å². The Morgan fingerprint density at radius 2 is 2.06 bits per heavy atom. The Kier molecular flexibility index (Phi) is 4.23. The van der Waals surface area contributed by atoms with Crippen LogP contribution >= 0.6 is 0 Å². The molecule has 0 aliphatic carbocycles. The van der Waals surface area contributed by atoms with Crippen molar-refractivity contribution in [1.29, 1.82) is 0 Å². The Morgan fingerprint density at radius 1 is 1.38 bits per heavy atom. The van der Waals surface area contributed by atoms with Crippen LogP contribution in [0.3, 0.4) is 0 Å². The largest absolute Gasteiger partial charge is 0.489 e. The van der Waals surface area contributed by atoms with Crippen LogP contribution in [0.15, 0.2) is 29.8 Å². The second-order valence-corrected chi connectivity index (χ2v) is 3.79. The van der Waals surface area contributed by atoms with Gasteiger partial charge in [-0.2, -0.15) is 0 Å². The smallest absolute Gasteiger partial charge is 0.163 e. The van der Waals surface area contributed by atoms with Crippen LogP contribution in [0.1, 0.15) is 31.1 Å². The monoisotopic (exact) mass is 222 g/mol. The molecule has 1 aromatic carbocycles. The average molecular weight is 222 g/mol. The third kappa shape index (κ3) is 3.50. The lowest BCUT2D eigenvalue weighted by atomic mass is 10.1. The maximum atomic E-state index is 13.0. The fourth-order valence-corrected chi connectivity index (χ4v) is 1.20. The summed E-state index contributed by atoms with van der Waals surface area (Å²) in [4.78, 5) is 11.3. The SMILES string of the molecule is CC(=O)c1ccc(F)cc1OCC=C(C)C. The maximum absolute atomic E-state index is 13.0. The summed E-state index contributed by atoms with van der Waals surface area (Å²) in [5.74, 6) is -0.241. The molecule has 0 heterocycles. The average Bonchev–Trinajstić information content (AvgIpc) is 2.16. The Bertz CT molecular complexity index is 418. The first-order chi connectivity index (χ1) is 7.50. The van der Waals surface area contributed by atoms with E-state index >= 15 is 0 Å². The molecule has 0 spiro atoms. The molecule has 0 fully saturated rings. The van der Waals surface area contributed by atoms with Crippen molar-refractivity contribution in [3.8, 4) is 5.75 Å². The summed E-state index contributed by atoms with van der Waals surface area (Å²) in [5.41, 5.74) is 1.52. The van der Waals surface area contributed by atoms with Gasteiger partial charge < -0.3 is 4.74 Å². The van der Waals surface area contributed by atoms with Gasteiger partial charge in [-0.1, -0.05) is 5.57 Å². The minimum Gasteiger partial charge on any atom is -0.489 e. The van der Waals surface area contributed by atoms with Crippen molar-refractivity contribution >= 4 is 5.78 Å². The van der Waals surface area contributed by atoms with Gasteiger partial charge in [0.2, 0.25) is 0 Å². The minimum absolute atomic E-state index is 0.132. The highest BCUT2D eigenvalue weighted by Crippen LogP contribution is 2.20. The number of allylic oxidation sites excluding steroid dienone is 1. The Balaban J connectivity index is 2.88. The number of rotatable bonds is 4. The molecule has 0 radical (unpaired) electrons. The topological polar surface area (TPSA) is 26.3 Å². The molecular formula is C13H15FO2. The molecule has 0 saturated heterocycles. The van der Waals surface area contributed by atoms with E-state index in [0.717, 1.165) is 5.57 Å². The molecule has 0 unspecified atom stereocenters. The number of hydrogen-bond acceptors (Lipinski definition) is 2. The summed E-state index contributed by atoms with van der Waals surface area (Å²) >= 11 is 0. The fraction of sp³-hybridized carbons (Fsp3) is 0.308. The predicted molar refractivity (Wildman–Crippen MR) is 61.3 cm³/mol. The molecule has 0 aromatic heterocycles. The summed E-state index contributed by atoms with van der Waals surface area (Å²) in [6.45, 7) is 5.66. The molecule has 0 N–H and O–H groups in total. The number of carbonyl (C=O) groups is 1. The molecule has 0 bridgehead atoms. The maximum Gasteiger partial charge on any atom is 0.163 e. The highest BCUT2D eigenvalue weighted by atomic mass is 19.1. The molecule has 0 aliphatic heterocycles. The normalized spacial score (nSPS) is 9.75. The van der Waals surface area contributed by atoms with Crippen molar-refractivity contribution in [2.24, 2.45) is 0 Å². The quantitative estimate of drug-likeness (QED) is 0.576. The predicted octanol–water partition coefficient (Wildman–Crippen LogP) is 3.37. The zero-order chi connectivity index (χ0) is 12.1. The van der Waals surface area contributed by atoms with E-state index in [1.54, 1.807) is 0 Å². The first-order valence-electron chi connectivity index (χ1n) is 5.07. The summed E-state index contributed by atoms with van der Waals surface area (Å²) in [6, 6.07) is 3.93. The highest BCUT2D eigenvalue weighted by Gasteiger charge is 2.08. The van der Waals surface area contributed by atoms with E-state index in [9.17, 15) is 9.18 Å². The van der Waals surface area contributed by atoms with Crippen LogP contribution in [0.2, 0.25) is 0 Å². The molecule has 16 heavy (non-hydrogen) atoms. The van der Waals surface area contributed by atoms with Gasteiger partial charge in [-0.25, -0.2) is 4.39 Å². The molecule has 0 aliphatic rings. The van der Waals surface area contributed by atoms with Gasteiger partial charge in [0.25, 0.3) is 0 Å². The molecule has 86 valence electrons. The lowest BCUT2D eigenvalue weighted by Crippen LogP contribution is -2.02. The van der Waals surface area contributed by atoms with Gasteiger partial charge in [0.1, 0.15) is 18.2 Å². The number of ether oxygens (including phenoxy) is 1. The van der Waals surface area contributed by atoms with E-state index in [-0.39, 0.29) is 5.78 Å². The second-order valence-electron chi connectivity index (χ2n) is 3.79. The standard InChI is InChI=1S/C13H15FO2/c1-9(2)6-7-16-13-8-11(14)4-5-12(13)10(3)15/h4-6,8H,7H2,1-3H3. The third-order valence-corrected chi connectivity index (χ3v) is 2.05. The van der Waals surface area contributed by atoms with Gasteiger partial charge in [-0.15, -0.1) is 0 Å². The molecule has 1 rings (SSSR count). The molecule has 1 aromatic rings. The van der Waals surface area contributed by atoms with Crippen molar-refractivity contribution in [3.05, 3.63) is 41.2 Å². The van der Waals surface area contributed by atoms with Crippen LogP contribution in [-0.4, -0.2) is 12.4 Å². The van der Waals surface area contributed by atoms with E-state index in [2.05, 4.69) is 0 Å². The summed E-state index contributed by atoms with van der Waals surface area (Å²) < 4.78 is 18.3. The summed E-state index contributed by atoms with van der Waals surface area (Å²) in [5, 5.41) is 0. The van der Waals surface area contributed by atoms with Crippen LogP contribution in [0.4, 0.5) is 4.39 Å². The van der Waals surface area contributed by atoms with Crippen LogP contribution in [-0.2, 0) is 0 Å². The van der Waals surface area contributed by atoms with Crippen LogP contribution in [0, 0.1) is 5.82 Å². The lowest BCUT2D eigenvalue weighted by molar-refractivity contribution is 0.101. The molecule has 3 heteroatoms. The van der Waals surface area contributed by atoms with Gasteiger partial charge in [-0.3, -0.25) is 4.79 Å². The van der Waals surface area contributed by atoms with E-state index in [1.165, 1.54) is 25.1 Å². The van der Waals surface area contributed by atoms with E-state index in [0.29, 0.717) is 17.9 Å². The van der Waals surface area contributed by atoms with Gasteiger partial charge in [0.05, 0.1) is 5.56 Å².